The molecule has 0 atom stereocenters. The Balaban J connectivity index is 1.38. The fourth-order valence-electron chi connectivity index (χ4n) is 2.78. The first-order valence-corrected chi connectivity index (χ1v) is 9.61. The second kappa shape index (κ2) is 7.54. The maximum absolute atomic E-state index is 3.59. The van der Waals surface area contributed by atoms with Crippen molar-refractivity contribution in [3.8, 4) is 10.4 Å². The van der Waals surface area contributed by atoms with E-state index in [0.717, 1.165) is 19.0 Å². The van der Waals surface area contributed by atoms with Gasteiger partial charge in [-0.25, -0.2) is 0 Å². The first-order chi connectivity index (χ1) is 10.3. The maximum atomic E-state index is 3.59. The van der Waals surface area contributed by atoms with Crippen molar-refractivity contribution in [3.63, 3.8) is 0 Å². The second-order valence-electron chi connectivity index (χ2n) is 5.98. The van der Waals surface area contributed by atoms with Gasteiger partial charge in [0.2, 0.25) is 0 Å². The van der Waals surface area contributed by atoms with Crippen molar-refractivity contribution in [2.24, 2.45) is 5.92 Å². The zero-order valence-electron chi connectivity index (χ0n) is 12.7. The van der Waals surface area contributed by atoms with Crippen LogP contribution in [0.15, 0.2) is 29.0 Å². The molecule has 114 valence electrons. The summed E-state index contributed by atoms with van der Waals surface area (Å²) in [6.45, 7) is 8.23. The van der Waals surface area contributed by atoms with Gasteiger partial charge in [0.1, 0.15) is 0 Å². The number of hydrogen-bond acceptors (Lipinski definition) is 4. The molecule has 0 amide bonds. The normalized spacial score (nSPS) is 17.4. The van der Waals surface area contributed by atoms with E-state index in [1.807, 2.05) is 22.7 Å². The molecule has 0 unspecified atom stereocenters. The highest BCUT2D eigenvalue weighted by Gasteiger charge is 2.14. The first kappa shape index (κ1) is 15.2. The van der Waals surface area contributed by atoms with E-state index < -0.39 is 0 Å². The molecule has 0 aromatic carbocycles. The van der Waals surface area contributed by atoms with Crippen molar-refractivity contribution < 1.29 is 0 Å². The van der Waals surface area contributed by atoms with Crippen LogP contribution in [-0.4, -0.2) is 31.1 Å². The molecular weight excluding hydrogens is 296 g/mol. The molecule has 1 aliphatic rings. The summed E-state index contributed by atoms with van der Waals surface area (Å²) in [5.74, 6) is 0.927. The molecule has 3 heterocycles. The van der Waals surface area contributed by atoms with Gasteiger partial charge in [0.25, 0.3) is 0 Å². The molecule has 2 aromatic rings. The SMILES string of the molecule is CC1CCN(CCNCc2cc(-c3cccs3)cs2)CC1. The molecule has 1 aliphatic heterocycles. The third-order valence-corrected chi connectivity index (χ3v) is 6.10. The van der Waals surface area contributed by atoms with E-state index in [-0.39, 0.29) is 0 Å². The summed E-state index contributed by atoms with van der Waals surface area (Å²) >= 11 is 3.68. The number of rotatable bonds is 6. The molecule has 0 spiro atoms. The summed E-state index contributed by atoms with van der Waals surface area (Å²) < 4.78 is 0. The number of hydrogen-bond donors (Lipinski definition) is 1. The molecule has 0 saturated carbocycles. The summed E-state index contributed by atoms with van der Waals surface area (Å²) in [5, 5.41) is 8.01. The van der Waals surface area contributed by atoms with Gasteiger partial charge in [0, 0.05) is 35.0 Å². The van der Waals surface area contributed by atoms with Crippen molar-refractivity contribution in [1.29, 1.82) is 0 Å². The number of piperidine rings is 1. The second-order valence-corrected chi connectivity index (χ2v) is 7.92. The van der Waals surface area contributed by atoms with Gasteiger partial charge in [-0.3, -0.25) is 0 Å². The Morgan fingerprint density at radius 2 is 2.14 bits per heavy atom. The van der Waals surface area contributed by atoms with Crippen LogP contribution in [-0.2, 0) is 6.54 Å². The average molecular weight is 321 g/mol. The van der Waals surface area contributed by atoms with E-state index in [2.05, 4.69) is 46.1 Å². The molecule has 21 heavy (non-hydrogen) atoms. The van der Waals surface area contributed by atoms with Crippen molar-refractivity contribution >= 4 is 22.7 Å². The molecular formula is C17H24N2S2. The Hall–Kier alpha value is -0.680. The molecule has 0 radical (unpaired) electrons. The maximum Gasteiger partial charge on any atom is 0.0351 e. The number of likely N-dealkylation sites (tertiary alicyclic amines) is 1. The Morgan fingerprint density at radius 3 is 2.90 bits per heavy atom. The molecule has 0 bridgehead atoms. The topological polar surface area (TPSA) is 15.3 Å². The lowest BCUT2D eigenvalue weighted by Crippen LogP contribution is -2.37. The monoisotopic (exact) mass is 320 g/mol. The fourth-order valence-corrected chi connectivity index (χ4v) is 4.42. The van der Waals surface area contributed by atoms with E-state index in [9.17, 15) is 0 Å². The highest BCUT2D eigenvalue weighted by atomic mass is 32.1. The van der Waals surface area contributed by atoms with Crippen LogP contribution in [0.4, 0.5) is 0 Å². The Bertz CT molecular complexity index is 525. The first-order valence-electron chi connectivity index (χ1n) is 7.85. The molecule has 1 N–H and O–H groups in total. The molecule has 2 aromatic heterocycles. The minimum atomic E-state index is 0.927. The van der Waals surface area contributed by atoms with Crippen LogP contribution in [0.5, 0.6) is 0 Å². The Morgan fingerprint density at radius 1 is 1.29 bits per heavy atom. The highest BCUT2D eigenvalue weighted by Crippen LogP contribution is 2.29. The van der Waals surface area contributed by atoms with Gasteiger partial charge in [0.15, 0.2) is 0 Å². The predicted octanol–water partition coefficient (Wildman–Crippen LogP) is 4.30. The summed E-state index contributed by atoms with van der Waals surface area (Å²) in [4.78, 5) is 5.41. The summed E-state index contributed by atoms with van der Waals surface area (Å²) in [7, 11) is 0. The molecule has 1 fully saturated rings. The minimum Gasteiger partial charge on any atom is -0.311 e. The van der Waals surface area contributed by atoms with Crippen LogP contribution in [0, 0.1) is 5.92 Å². The predicted molar refractivity (Wildman–Crippen MR) is 94.2 cm³/mol. The van der Waals surface area contributed by atoms with Crippen LogP contribution in [0.3, 0.4) is 0 Å². The summed E-state index contributed by atoms with van der Waals surface area (Å²) in [6, 6.07) is 6.64. The molecule has 2 nitrogen and oxygen atoms in total. The quantitative estimate of drug-likeness (QED) is 0.798. The summed E-state index contributed by atoms with van der Waals surface area (Å²) in [5.41, 5.74) is 1.37. The molecule has 4 heteroatoms. The van der Waals surface area contributed by atoms with E-state index >= 15 is 0 Å². The number of nitrogens with zero attached hydrogens (tertiary/aromatic N) is 1. The number of nitrogens with one attached hydrogen (secondary N) is 1. The van der Waals surface area contributed by atoms with Gasteiger partial charge in [-0.05, 0) is 54.7 Å². The van der Waals surface area contributed by atoms with Crippen LogP contribution in [0.25, 0.3) is 10.4 Å². The molecule has 1 saturated heterocycles. The van der Waals surface area contributed by atoms with Gasteiger partial charge >= 0.3 is 0 Å². The van der Waals surface area contributed by atoms with Gasteiger partial charge in [-0.2, -0.15) is 0 Å². The lowest BCUT2D eigenvalue weighted by atomic mass is 9.99. The molecule has 3 rings (SSSR count). The van der Waals surface area contributed by atoms with Crippen LogP contribution in [0.2, 0.25) is 0 Å². The van der Waals surface area contributed by atoms with E-state index in [4.69, 9.17) is 0 Å². The van der Waals surface area contributed by atoms with Gasteiger partial charge < -0.3 is 10.2 Å². The standard InChI is InChI=1S/C17H24N2S2/c1-14-4-7-19(8-5-14)9-6-18-12-16-11-15(13-21-16)17-3-2-10-20-17/h2-3,10-11,13-14,18H,4-9,12H2,1H3. The highest BCUT2D eigenvalue weighted by molar-refractivity contribution is 7.14. The summed E-state index contributed by atoms with van der Waals surface area (Å²) in [6.07, 6.45) is 2.74. The third-order valence-electron chi connectivity index (χ3n) is 4.24. The van der Waals surface area contributed by atoms with Crippen molar-refractivity contribution in [2.75, 3.05) is 26.2 Å². The zero-order valence-corrected chi connectivity index (χ0v) is 14.3. The smallest absolute Gasteiger partial charge is 0.0351 e. The van der Waals surface area contributed by atoms with E-state index in [1.165, 1.54) is 47.8 Å². The molecule has 0 aliphatic carbocycles. The van der Waals surface area contributed by atoms with E-state index in [0.29, 0.717) is 0 Å². The van der Waals surface area contributed by atoms with Crippen molar-refractivity contribution in [2.45, 2.75) is 26.3 Å². The Labute approximate surface area is 135 Å². The van der Waals surface area contributed by atoms with Crippen LogP contribution >= 0.6 is 22.7 Å². The fraction of sp³-hybridized carbons (Fsp3) is 0.529. The third kappa shape index (κ3) is 4.39. The average Bonchev–Trinajstić information content (AvgIpc) is 3.16. The van der Waals surface area contributed by atoms with Gasteiger partial charge in [0.05, 0.1) is 0 Å². The minimum absolute atomic E-state index is 0.927. The van der Waals surface area contributed by atoms with E-state index in [1.54, 1.807) is 0 Å². The van der Waals surface area contributed by atoms with Gasteiger partial charge in [-0.1, -0.05) is 13.0 Å². The Kier molecular flexibility index (Phi) is 5.47. The lowest BCUT2D eigenvalue weighted by Gasteiger charge is -2.30. The lowest BCUT2D eigenvalue weighted by molar-refractivity contribution is 0.193. The zero-order chi connectivity index (χ0) is 14.5. The van der Waals surface area contributed by atoms with Gasteiger partial charge in [-0.15, -0.1) is 22.7 Å². The van der Waals surface area contributed by atoms with Crippen LogP contribution < -0.4 is 5.32 Å². The largest absolute Gasteiger partial charge is 0.311 e. The van der Waals surface area contributed by atoms with Crippen molar-refractivity contribution in [3.05, 3.63) is 33.8 Å². The van der Waals surface area contributed by atoms with Crippen LogP contribution in [0.1, 0.15) is 24.6 Å². The van der Waals surface area contributed by atoms with Crippen molar-refractivity contribution in [1.82, 2.24) is 10.2 Å². The number of thiophene rings is 2.